The van der Waals surface area contributed by atoms with Crippen LogP contribution in [0.15, 0.2) is 12.1 Å². The van der Waals surface area contributed by atoms with Crippen molar-refractivity contribution in [2.24, 2.45) is 0 Å². The molecule has 1 saturated heterocycles. The third kappa shape index (κ3) is 7.43. The standard InChI is InChI=1S/C19H29ClN4O3S/c1-13-11-16(20)12-14(2)17(13)27-15(3)18(25)22-23-19(28)21-5-4-6-24-7-9-26-10-8-24/h11-12,15H,4-10H2,1-3H3,(H,22,25)(H2,21,23,28)/p+1/t15-/m0/s1. The van der Waals surface area contributed by atoms with Gasteiger partial charge in [-0.3, -0.25) is 15.6 Å². The highest BCUT2D eigenvalue weighted by Gasteiger charge is 2.17. The minimum absolute atomic E-state index is 0.310. The summed E-state index contributed by atoms with van der Waals surface area (Å²) in [5.41, 5.74) is 7.07. The van der Waals surface area contributed by atoms with Crippen LogP contribution in [0.2, 0.25) is 5.02 Å². The number of nitrogens with one attached hydrogen (secondary N) is 4. The van der Waals surface area contributed by atoms with Gasteiger partial charge in [-0.05, 0) is 56.2 Å². The van der Waals surface area contributed by atoms with E-state index in [1.54, 1.807) is 11.8 Å². The highest BCUT2D eigenvalue weighted by Crippen LogP contribution is 2.27. The molecule has 1 aromatic rings. The van der Waals surface area contributed by atoms with Crippen LogP contribution in [0.3, 0.4) is 0 Å². The highest BCUT2D eigenvalue weighted by atomic mass is 35.5. The minimum atomic E-state index is -0.682. The number of carbonyl (C=O) groups excluding carboxylic acids is 1. The summed E-state index contributed by atoms with van der Waals surface area (Å²) in [6.07, 6.45) is 0.318. The van der Waals surface area contributed by atoms with Crippen molar-refractivity contribution in [3.8, 4) is 5.75 Å². The second-order valence-corrected chi connectivity index (χ2v) is 7.81. The summed E-state index contributed by atoms with van der Waals surface area (Å²) in [7, 11) is 0. The second kappa shape index (κ2) is 11.4. The van der Waals surface area contributed by atoms with E-state index in [-0.39, 0.29) is 5.91 Å². The first-order valence-electron chi connectivity index (χ1n) is 9.55. The Morgan fingerprint density at radius 2 is 1.93 bits per heavy atom. The maximum Gasteiger partial charge on any atom is 0.279 e. The van der Waals surface area contributed by atoms with Gasteiger partial charge in [0.05, 0.1) is 19.8 Å². The van der Waals surface area contributed by atoms with Gasteiger partial charge in [-0.15, -0.1) is 0 Å². The van der Waals surface area contributed by atoms with Crippen LogP contribution in [0.25, 0.3) is 0 Å². The Hall–Kier alpha value is -1.61. The van der Waals surface area contributed by atoms with Gasteiger partial charge in [0, 0.05) is 18.0 Å². The molecule has 0 saturated carbocycles. The Morgan fingerprint density at radius 3 is 2.57 bits per heavy atom. The molecule has 1 amide bonds. The predicted octanol–water partition coefficient (Wildman–Crippen LogP) is 0.525. The van der Waals surface area contributed by atoms with Gasteiger partial charge < -0.3 is 19.7 Å². The van der Waals surface area contributed by atoms with Crippen LogP contribution in [-0.4, -0.2) is 56.5 Å². The van der Waals surface area contributed by atoms with E-state index in [0.29, 0.717) is 15.9 Å². The molecule has 4 N–H and O–H groups in total. The first kappa shape index (κ1) is 22.7. The Kier molecular flexibility index (Phi) is 9.24. The van der Waals surface area contributed by atoms with Crippen LogP contribution < -0.4 is 25.8 Å². The van der Waals surface area contributed by atoms with E-state index < -0.39 is 6.10 Å². The zero-order valence-corrected chi connectivity index (χ0v) is 18.3. The summed E-state index contributed by atoms with van der Waals surface area (Å²) in [5, 5.41) is 4.13. The van der Waals surface area contributed by atoms with E-state index in [9.17, 15) is 4.79 Å². The number of ether oxygens (including phenoxy) is 2. The van der Waals surface area contributed by atoms with Gasteiger partial charge in [-0.2, -0.15) is 0 Å². The van der Waals surface area contributed by atoms with Crippen LogP contribution in [0.5, 0.6) is 5.75 Å². The second-order valence-electron chi connectivity index (χ2n) is 6.96. The fraction of sp³-hybridized carbons (Fsp3) is 0.579. The van der Waals surface area contributed by atoms with Gasteiger partial charge in [0.2, 0.25) is 0 Å². The number of hydrogen-bond donors (Lipinski definition) is 4. The number of rotatable bonds is 7. The quantitative estimate of drug-likeness (QED) is 0.288. The average Bonchev–Trinajstić information content (AvgIpc) is 2.66. The summed E-state index contributed by atoms with van der Waals surface area (Å²) in [6.45, 7) is 11.1. The van der Waals surface area contributed by atoms with E-state index >= 15 is 0 Å². The van der Waals surface area contributed by atoms with Crippen molar-refractivity contribution in [1.82, 2.24) is 16.2 Å². The molecule has 0 unspecified atom stereocenters. The van der Waals surface area contributed by atoms with E-state index in [1.807, 2.05) is 26.0 Å². The summed E-state index contributed by atoms with van der Waals surface area (Å²) < 4.78 is 11.2. The number of halogens is 1. The summed E-state index contributed by atoms with van der Waals surface area (Å²) in [4.78, 5) is 13.8. The number of benzene rings is 1. The van der Waals surface area contributed by atoms with E-state index in [2.05, 4.69) is 16.2 Å². The smallest absolute Gasteiger partial charge is 0.279 e. The molecule has 1 aliphatic heterocycles. The molecule has 0 radical (unpaired) electrons. The molecular weight excluding hydrogens is 400 g/mol. The first-order valence-corrected chi connectivity index (χ1v) is 10.3. The summed E-state index contributed by atoms with van der Waals surface area (Å²) in [6, 6.07) is 3.62. The highest BCUT2D eigenvalue weighted by molar-refractivity contribution is 7.80. The third-order valence-electron chi connectivity index (χ3n) is 4.58. The molecule has 0 bridgehead atoms. The third-order valence-corrected chi connectivity index (χ3v) is 5.05. The maximum atomic E-state index is 12.3. The number of aryl methyl sites for hydroxylation is 2. The van der Waals surface area contributed by atoms with Crippen molar-refractivity contribution in [3.63, 3.8) is 0 Å². The maximum absolute atomic E-state index is 12.3. The van der Waals surface area contributed by atoms with Crippen molar-refractivity contribution in [2.45, 2.75) is 33.3 Å². The fourth-order valence-electron chi connectivity index (χ4n) is 3.03. The topological polar surface area (TPSA) is 76.1 Å². The lowest BCUT2D eigenvalue weighted by atomic mass is 10.1. The molecule has 0 aliphatic carbocycles. The van der Waals surface area contributed by atoms with Gasteiger partial charge in [0.25, 0.3) is 5.91 Å². The van der Waals surface area contributed by atoms with Gasteiger partial charge in [0.1, 0.15) is 18.8 Å². The van der Waals surface area contributed by atoms with Crippen molar-refractivity contribution < 1.29 is 19.2 Å². The molecule has 0 spiro atoms. The molecule has 2 rings (SSSR count). The van der Waals surface area contributed by atoms with E-state index in [4.69, 9.17) is 33.3 Å². The SMILES string of the molecule is Cc1cc(Cl)cc(C)c1O[C@@H](C)C(=O)NNC(=S)NCCC[NH+]1CCOCC1. The number of quaternary nitrogens is 1. The van der Waals surface area contributed by atoms with E-state index in [1.165, 1.54) is 0 Å². The Balaban J connectivity index is 1.66. The average molecular weight is 430 g/mol. The van der Waals surface area contributed by atoms with Crippen LogP contribution in [0.1, 0.15) is 24.5 Å². The summed E-state index contributed by atoms with van der Waals surface area (Å²) >= 11 is 11.2. The number of thiocarbonyl (C=S) groups is 1. The first-order chi connectivity index (χ1) is 13.4. The van der Waals surface area contributed by atoms with Crippen molar-refractivity contribution in [1.29, 1.82) is 0 Å². The van der Waals surface area contributed by atoms with Crippen LogP contribution in [0, 0.1) is 13.8 Å². The Bertz CT molecular complexity index is 660. The molecule has 28 heavy (non-hydrogen) atoms. The van der Waals surface area contributed by atoms with Crippen LogP contribution >= 0.6 is 23.8 Å². The number of morpholine rings is 1. The monoisotopic (exact) mass is 429 g/mol. The predicted molar refractivity (Wildman–Crippen MR) is 114 cm³/mol. The fourth-order valence-corrected chi connectivity index (χ4v) is 3.51. The van der Waals surface area contributed by atoms with Crippen LogP contribution in [0.4, 0.5) is 0 Å². The molecule has 1 heterocycles. The molecule has 1 atom stereocenters. The Labute approximate surface area is 177 Å². The van der Waals surface area contributed by atoms with Crippen molar-refractivity contribution in [3.05, 3.63) is 28.3 Å². The Morgan fingerprint density at radius 1 is 1.29 bits per heavy atom. The molecule has 1 aromatic carbocycles. The van der Waals surface area contributed by atoms with Gasteiger partial charge in [-0.25, -0.2) is 0 Å². The molecular formula is C19H30ClN4O3S+. The zero-order chi connectivity index (χ0) is 20.5. The van der Waals surface area contributed by atoms with Gasteiger partial charge in [-0.1, -0.05) is 11.6 Å². The zero-order valence-electron chi connectivity index (χ0n) is 16.7. The largest absolute Gasteiger partial charge is 0.480 e. The van der Waals surface area contributed by atoms with E-state index in [0.717, 1.165) is 56.9 Å². The lowest BCUT2D eigenvalue weighted by molar-refractivity contribution is -0.908. The normalized spacial score (nSPS) is 15.6. The van der Waals surface area contributed by atoms with Gasteiger partial charge in [0.15, 0.2) is 11.2 Å². The summed E-state index contributed by atoms with van der Waals surface area (Å²) in [5.74, 6) is 0.356. The number of amides is 1. The lowest BCUT2D eigenvalue weighted by Crippen LogP contribution is -3.14. The molecule has 0 aromatic heterocycles. The van der Waals surface area contributed by atoms with Crippen molar-refractivity contribution in [2.75, 3.05) is 39.4 Å². The molecule has 9 heteroatoms. The number of hydrazine groups is 1. The van der Waals surface area contributed by atoms with Gasteiger partial charge >= 0.3 is 0 Å². The number of carbonyl (C=O) groups is 1. The molecule has 156 valence electrons. The minimum Gasteiger partial charge on any atom is -0.480 e. The number of hydrogen-bond acceptors (Lipinski definition) is 4. The molecule has 1 aliphatic rings. The lowest BCUT2D eigenvalue weighted by Gasteiger charge is -2.23. The van der Waals surface area contributed by atoms with Crippen molar-refractivity contribution >= 4 is 34.8 Å². The molecule has 7 nitrogen and oxygen atoms in total. The molecule has 1 fully saturated rings. The van der Waals surface area contributed by atoms with Crippen LogP contribution in [-0.2, 0) is 9.53 Å².